The number of ether oxygens (including phenoxy) is 1. The van der Waals surface area contributed by atoms with Gasteiger partial charge in [0.05, 0.1) is 13.1 Å². The van der Waals surface area contributed by atoms with Crippen molar-refractivity contribution in [1.82, 2.24) is 4.90 Å². The van der Waals surface area contributed by atoms with Gasteiger partial charge in [0.15, 0.2) is 0 Å². The molecule has 17 heavy (non-hydrogen) atoms. The Morgan fingerprint density at radius 1 is 1.47 bits per heavy atom. The van der Waals surface area contributed by atoms with Crippen LogP contribution in [0, 0.1) is 11.8 Å². The molecule has 1 aromatic carbocycles. The van der Waals surface area contributed by atoms with Crippen molar-refractivity contribution < 1.29 is 9.53 Å². The molecular weight excluding hydrogens is 214 g/mol. The van der Waals surface area contributed by atoms with Gasteiger partial charge in [-0.25, -0.2) is 4.79 Å². The van der Waals surface area contributed by atoms with Crippen molar-refractivity contribution >= 4 is 6.09 Å². The van der Waals surface area contributed by atoms with Gasteiger partial charge in [0.1, 0.15) is 6.10 Å². The van der Waals surface area contributed by atoms with Gasteiger partial charge in [0.2, 0.25) is 0 Å². The van der Waals surface area contributed by atoms with Crippen LogP contribution in [-0.2, 0) is 4.74 Å². The fourth-order valence-corrected chi connectivity index (χ4v) is 1.54. The molecule has 1 aliphatic rings. The first kappa shape index (κ1) is 11.3. The van der Waals surface area contributed by atoms with Gasteiger partial charge in [0, 0.05) is 5.56 Å². The van der Waals surface area contributed by atoms with Crippen molar-refractivity contribution in [3.8, 4) is 11.8 Å². The van der Waals surface area contributed by atoms with Crippen molar-refractivity contribution in [1.29, 1.82) is 0 Å². The van der Waals surface area contributed by atoms with Gasteiger partial charge in [-0.15, -0.1) is 0 Å². The van der Waals surface area contributed by atoms with Crippen LogP contribution in [0.4, 0.5) is 4.79 Å². The van der Waals surface area contributed by atoms with Gasteiger partial charge in [-0.05, 0) is 18.2 Å². The van der Waals surface area contributed by atoms with Crippen LogP contribution in [0.25, 0.3) is 0 Å². The molecule has 0 bridgehead atoms. The molecule has 0 N–H and O–H groups in total. The number of hydrogen-bond acceptors (Lipinski definition) is 2. The first-order chi connectivity index (χ1) is 8.29. The van der Waals surface area contributed by atoms with E-state index in [1.165, 1.54) is 0 Å². The standard InChI is InChI=1S/C14H13NO2/c1-2-13-11-15(14(16)17-13)10-6-9-12-7-4-3-5-8-12/h2-5,7-8,13H,1,10-11H2. The smallest absolute Gasteiger partial charge is 0.411 e. The number of hydrogen-bond donors (Lipinski definition) is 0. The zero-order chi connectivity index (χ0) is 12.1. The molecule has 0 aliphatic carbocycles. The second-order valence-electron chi connectivity index (χ2n) is 3.71. The molecule has 1 saturated heterocycles. The molecule has 1 heterocycles. The Kier molecular flexibility index (Phi) is 3.46. The summed E-state index contributed by atoms with van der Waals surface area (Å²) in [7, 11) is 0. The lowest BCUT2D eigenvalue weighted by atomic mass is 10.2. The lowest BCUT2D eigenvalue weighted by Gasteiger charge is -2.06. The van der Waals surface area contributed by atoms with Crippen LogP contribution in [0.5, 0.6) is 0 Å². The SMILES string of the molecule is C=CC1CN(CC#Cc2ccccc2)C(=O)O1. The molecule has 1 amide bonds. The molecule has 3 nitrogen and oxygen atoms in total. The number of carbonyl (C=O) groups is 1. The minimum Gasteiger partial charge on any atom is -0.440 e. The Morgan fingerprint density at radius 3 is 2.88 bits per heavy atom. The largest absolute Gasteiger partial charge is 0.440 e. The van der Waals surface area contributed by atoms with E-state index in [2.05, 4.69) is 18.4 Å². The third kappa shape index (κ3) is 2.88. The van der Waals surface area contributed by atoms with E-state index in [0.29, 0.717) is 13.1 Å². The van der Waals surface area contributed by atoms with Crippen LogP contribution in [-0.4, -0.2) is 30.2 Å². The zero-order valence-electron chi connectivity index (χ0n) is 9.43. The highest BCUT2D eigenvalue weighted by Gasteiger charge is 2.28. The minimum atomic E-state index is -0.322. The maximum absolute atomic E-state index is 11.4. The molecule has 1 aliphatic heterocycles. The molecule has 1 fully saturated rings. The summed E-state index contributed by atoms with van der Waals surface area (Å²) in [5.74, 6) is 5.96. The second kappa shape index (κ2) is 5.22. The number of rotatable bonds is 2. The summed E-state index contributed by atoms with van der Waals surface area (Å²) in [5.41, 5.74) is 0.945. The van der Waals surface area contributed by atoms with E-state index >= 15 is 0 Å². The van der Waals surface area contributed by atoms with Crippen molar-refractivity contribution in [3.63, 3.8) is 0 Å². The Morgan fingerprint density at radius 2 is 2.24 bits per heavy atom. The number of nitrogens with zero attached hydrogens (tertiary/aromatic N) is 1. The Bertz CT molecular complexity index is 470. The predicted molar refractivity (Wildman–Crippen MR) is 65.4 cm³/mol. The number of amides is 1. The molecule has 1 unspecified atom stereocenters. The molecule has 86 valence electrons. The lowest BCUT2D eigenvalue weighted by molar-refractivity contribution is 0.147. The molecular formula is C14H13NO2. The maximum atomic E-state index is 11.4. The first-order valence-electron chi connectivity index (χ1n) is 5.41. The highest BCUT2D eigenvalue weighted by atomic mass is 16.6. The normalized spacial score (nSPS) is 18.2. The van der Waals surface area contributed by atoms with Gasteiger partial charge in [-0.1, -0.05) is 36.6 Å². The lowest BCUT2D eigenvalue weighted by Crippen LogP contribution is -2.25. The highest BCUT2D eigenvalue weighted by molar-refractivity contribution is 5.70. The third-order valence-corrected chi connectivity index (χ3v) is 2.45. The molecule has 0 radical (unpaired) electrons. The van der Waals surface area contributed by atoms with Crippen molar-refractivity contribution in [2.45, 2.75) is 6.10 Å². The van der Waals surface area contributed by atoms with Gasteiger partial charge in [0.25, 0.3) is 0 Å². The fourth-order valence-electron chi connectivity index (χ4n) is 1.54. The van der Waals surface area contributed by atoms with Crippen LogP contribution in [0.2, 0.25) is 0 Å². The molecule has 0 aromatic heterocycles. The van der Waals surface area contributed by atoms with E-state index in [4.69, 9.17) is 4.74 Å². The zero-order valence-corrected chi connectivity index (χ0v) is 9.43. The summed E-state index contributed by atoms with van der Waals surface area (Å²) in [5, 5.41) is 0. The summed E-state index contributed by atoms with van der Waals surface area (Å²) >= 11 is 0. The summed E-state index contributed by atoms with van der Waals surface area (Å²) < 4.78 is 5.03. The Balaban J connectivity index is 1.93. The summed E-state index contributed by atoms with van der Waals surface area (Å²) in [4.78, 5) is 12.9. The van der Waals surface area contributed by atoms with Crippen LogP contribution in [0.15, 0.2) is 43.0 Å². The van der Waals surface area contributed by atoms with Crippen LogP contribution >= 0.6 is 0 Å². The highest BCUT2D eigenvalue weighted by Crippen LogP contribution is 2.10. The third-order valence-electron chi connectivity index (χ3n) is 2.45. The molecule has 0 spiro atoms. The van der Waals surface area contributed by atoms with Crippen molar-refractivity contribution in [2.75, 3.05) is 13.1 Å². The average Bonchev–Trinajstić information content (AvgIpc) is 2.72. The topological polar surface area (TPSA) is 29.5 Å². The quantitative estimate of drug-likeness (QED) is 0.571. The van der Waals surface area contributed by atoms with Gasteiger partial charge in [-0.3, -0.25) is 4.90 Å². The van der Waals surface area contributed by atoms with Gasteiger partial charge >= 0.3 is 6.09 Å². The van der Waals surface area contributed by atoms with E-state index in [1.807, 2.05) is 30.3 Å². The molecule has 0 saturated carbocycles. The van der Waals surface area contributed by atoms with E-state index < -0.39 is 0 Å². The molecule has 2 rings (SSSR count). The predicted octanol–water partition coefficient (Wildman–Crippen LogP) is 2.04. The van der Waals surface area contributed by atoms with Crippen LogP contribution < -0.4 is 0 Å². The van der Waals surface area contributed by atoms with Crippen LogP contribution in [0.3, 0.4) is 0 Å². The second-order valence-corrected chi connectivity index (χ2v) is 3.71. The van der Waals surface area contributed by atoms with Gasteiger partial charge < -0.3 is 4.74 Å². The van der Waals surface area contributed by atoms with Gasteiger partial charge in [-0.2, -0.15) is 0 Å². The summed E-state index contributed by atoms with van der Waals surface area (Å²) in [6.07, 6.45) is 1.10. The average molecular weight is 227 g/mol. The van der Waals surface area contributed by atoms with E-state index in [0.717, 1.165) is 5.56 Å². The summed E-state index contributed by atoms with van der Waals surface area (Å²) in [6.45, 7) is 4.52. The fraction of sp³-hybridized carbons (Fsp3) is 0.214. The minimum absolute atomic E-state index is 0.207. The Labute approximate surface area is 101 Å². The maximum Gasteiger partial charge on any atom is 0.411 e. The van der Waals surface area contributed by atoms with E-state index in [1.54, 1.807) is 11.0 Å². The number of carbonyl (C=O) groups excluding carboxylic acids is 1. The van der Waals surface area contributed by atoms with Crippen molar-refractivity contribution in [3.05, 3.63) is 48.6 Å². The summed E-state index contributed by atoms with van der Waals surface area (Å²) in [6, 6.07) is 9.67. The molecule has 1 aromatic rings. The Hall–Kier alpha value is -2.21. The van der Waals surface area contributed by atoms with Crippen molar-refractivity contribution in [2.24, 2.45) is 0 Å². The molecule has 1 atom stereocenters. The first-order valence-corrected chi connectivity index (χ1v) is 5.41. The number of benzene rings is 1. The van der Waals surface area contributed by atoms with Crippen LogP contribution in [0.1, 0.15) is 5.56 Å². The number of cyclic esters (lactones) is 1. The van der Waals surface area contributed by atoms with E-state index in [-0.39, 0.29) is 12.2 Å². The molecule has 3 heteroatoms. The van der Waals surface area contributed by atoms with E-state index in [9.17, 15) is 4.79 Å². The monoisotopic (exact) mass is 227 g/mol.